The van der Waals surface area contributed by atoms with Gasteiger partial charge >= 0.3 is 6.09 Å². The predicted molar refractivity (Wildman–Crippen MR) is 84.1 cm³/mol. The van der Waals surface area contributed by atoms with E-state index in [9.17, 15) is 9.90 Å². The maximum Gasteiger partial charge on any atom is 0.404 e. The van der Waals surface area contributed by atoms with Crippen molar-refractivity contribution in [3.05, 3.63) is 46.7 Å². The van der Waals surface area contributed by atoms with Crippen molar-refractivity contribution in [2.24, 2.45) is 0 Å². The monoisotopic (exact) mass is 323 g/mol. The van der Waals surface area contributed by atoms with E-state index in [1.54, 1.807) is 18.2 Å². The Balaban J connectivity index is 2.16. The predicted octanol–water partition coefficient (Wildman–Crippen LogP) is 3.99. The van der Waals surface area contributed by atoms with E-state index in [0.29, 0.717) is 41.3 Å². The molecule has 1 aromatic carbocycles. The highest BCUT2D eigenvalue weighted by atomic mass is 35.5. The Hall–Kier alpha value is -1.98. The number of carbonyl (C=O) groups is 1. The first kappa shape index (κ1) is 16.4. The Kier molecular flexibility index (Phi) is 5.46. The van der Waals surface area contributed by atoms with E-state index in [2.05, 4.69) is 5.32 Å². The van der Waals surface area contributed by atoms with Crippen molar-refractivity contribution in [1.82, 2.24) is 5.32 Å². The zero-order chi connectivity index (χ0) is 16.1. The molecule has 5 nitrogen and oxygen atoms in total. The molecule has 1 amide bonds. The molecule has 0 aliphatic rings. The van der Waals surface area contributed by atoms with Gasteiger partial charge in [0.2, 0.25) is 0 Å². The van der Waals surface area contributed by atoms with Crippen molar-refractivity contribution >= 4 is 17.7 Å². The molecule has 0 fully saturated rings. The SMILES string of the molecule is Cc1ccc(-c2c(Cl)cccc2C(O)CCCNC(=O)O)o1. The second kappa shape index (κ2) is 7.33. The Bertz CT molecular complexity index is 653. The summed E-state index contributed by atoms with van der Waals surface area (Å²) in [5.41, 5.74) is 1.35. The molecule has 0 aliphatic carbocycles. The van der Waals surface area contributed by atoms with Gasteiger partial charge in [-0.1, -0.05) is 23.7 Å². The summed E-state index contributed by atoms with van der Waals surface area (Å²) in [7, 11) is 0. The first-order valence-corrected chi connectivity index (χ1v) is 7.37. The van der Waals surface area contributed by atoms with E-state index in [-0.39, 0.29) is 0 Å². The van der Waals surface area contributed by atoms with Gasteiger partial charge in [0.25, 0.3) is 0 Å². The normalized spacial score (nSPS) is 12.1. The van der Waals surface area contributed by atoms with Crippen LogP contribution in [-0.4, -0.2) is 22.9 Å². The number of aryl methyl sites for hydroxylation is 1. The number of aliphatic hydroxyl groups is 1. The van der Waals surface area contributed by atoms with Crippen LogP contribution in [-0.2, 0) is 0 Å². The quantitative estimate of drug-likeness (QED) is 0.702. The average molecular weight is 324 g/mol. The number of amides is 1. The fraction of sp³-hybridized carbons (Fsp3) is 0.312. The zero-order valence-electron chi connectivity index (χ0n) is 12.2. The van der Waals surface area contributed by atoms with E-state index in [4.69, 9.17) is 21.1 Å². The van der Waals surface area contributed by atoms with Gasteiger partial charge in [-0.2, -0.15) is 0 Å². The van der Waals surface area contributed by atoms with Gasteiger partial charge in [-0.3, -0.25) is 0 Å². The van der Waals surface area contributed by atoms with Gasteiger partial charge in [-0.05, 0) is 43.5 Å². The van der Waals surface area contributed by atoms with Crippen LogP contribution in [0.25, 0.3) is 11.3 Å². The second-order valence-corrected chi connectivity index (χ2v) is 5.41. The van der Waals surface area contributed by atoms with Crippen molar-refractivity contribution in [3.63, 3.8) is 0 Å². The van der Waals surface area contributed by atoms with E-state index < -0.39 is 12.2 Å². The number of halogens is 1. The molecule has 6 heteroatoms. The van der Waals surface area contributed by atoms with Gasteiger partial charge in [-0.15, -0.1) is 0 Å². The highest BCUT2D eigenvalue weighted by Gasteiger charge is 2.18. The third-order valence-electron chi connectivity index (χ3n) is 3.32. The number of hydrogen-bond donors (Lipinski definition) is 3. The second-order valence-electron chi connectivity index (χ2n) is 5.00. The largest absolute Gasteiger partial charge is 0.465 e. The molecule has 0 radical (unpaired) electrons. The summed E-state index contributed by atoms with van der Waals surface area (Å²) in [5.74, 6) is 1.38. The molecule has 2 aromatic rings. The summed E-state index contributed by atoms with van der Waals surface area (Å²) in [5, 5.41) is 21.7. The number of carboxylic acid groups (broad SMARTS) is 1. The molecule has 1 aromatic heterocycles. The zero-order valence-corrected chi connectivity index (χ0v) is 12.9. The number of hydrogen-bond acceptors (Lipinski definition) is 3. The Labute approximate surface area is 133 Å². The molecule has 1 atom stereocenters. The smallest absolute Gasteiger partial charge is 0.404 e. The average Bonchev–Trinajstić information content (AvgIpc) is 2.89. The highest BCUT2D eigenvalue weighted by Crippen LogP contribution is 2.36. The summed E-state index contributed by atoms with van der Waals surface area (Å²) < 4.78 is 5.61. The maximum absolute atomic E-state index is 10.4. The minimum Gasteiger partial charge on any atom is -0.465 e. The molecule has 0 bridgehead atoms. The fourth-order valence-corrected chi connectivity index (χ4v) is 2.57. The molecule has 1 heterocycles. The van der Waals surface area contributed by atoms with Gasteiger partial charge < -0.3 is 19.9 Å². The van der Waals surface area contributed by atoms with Crippen LogP contribution < -0.4 is 5.32 Å². The van der Waals surface area contributed by atoms with Crippen molar-refractivity contribution < 1.29 is 19.4 Å². The van der Waals surface area contributed by atoms with Crippen molar-refractivity contribution in [1.29, 1.82) is 0 Å². The molecule has 3 N–H and O–H groups in total. The van der Waals surface area contributed by atoms with Gasteiger partial charge in [-0.25, -0.2) is 4.79 Å². The highest BCUT2D eigenvalue weighted by molar-refractivity contribution is 6.33. The Morgan fingerprint density at radius 2 is 2.14 bits per heavy atom. The Morgan fingerprint density at radius 3 is 2.77 bits per heavy atom. The standard InChI is InChI=1S/C16H18ClNO4/c1-10-7-8-14(22-10)15-11(4-2-5-12(15)17)13(19)6-3-9-18-16(20)21/h2,4-5,7-8,13,18-19H,3,6,9H2,1H3,(H,20,21). The number of nitrogens with one attached hydrogen (secondary N) is 1. The maximum atomic E-state index is 10.4. The molecule has 0 saturated carbocycles. The van der Waals surface area contributed by atoms with Crippen LogP contribution in [0.5, 0.6) is 0 Å². The van der Waals surface area contributed by atoms with Crippen LogP contribution in [0.2, 0.25) is 5.02 Å². The molecule has 0 aliphatic heterocycles. The summed E-state index contributed by atoms with van der Waals surface area (Å²) in [6.07, 6.45) is -0.858. The van der Waals surface area contributed by atoms with Crippen LogP contribution in [0, 0.1) is 6.92 Å². The van der Waals surface area contributed by atoms with E-state index in [1.165, 1.54) is 0 Å². The molecule has 0 saturated heterocycles. The van der Waals surface area contributed by atoms with Crippen molar-refractivity contribution in [3.8, 4) is 11.3 Å². The first-order valence-electron chi connectivity index (χ1n) is 6.99. The number of aliphatic hydroxyl groups excluding tert-OH is 1. The van der Waals surface area contributed by atoms with E-state index >= 15 is 0 Å². The van der Waals surface area contributed by atoms with Gasteiger partial charge in [0.1, 0.15) is 11.5 Å². The summed E-state index contributed by atoms with van der Waals surface area (Å²) >= 11 is 6.26. The van der Waals surface area contributed by atoms with Crippen molar-refractivity contribution in [2.75, 3.05) is 6.54 Å². The lowest BCUT2D eigenvalue weighted by atomic mass is 9.97. The first-order chi connectivity index (χ1) is 10.5. The molecular weight excluding hydrogens is 306 g/mol. The topological polar surface area (TPSA) is 82.7 Å². The van der Waals surface area contributed by atoms with Crippen LogP contribution >= 0.6 is 11.6 Å². The van der Waals surface area contributed by atoms with Crippen molar-refractivity contribution in [2.45, 2.75) is 25.9 Å². The number of furan rings is 1. The lowest BCUT2D eigenvalue weighted by Crippen LogP contribution is -2.22. The summed E-state index contributed by atoms with van der Waals surface area (Å²) in [4.78, 5) is 10.4. The van der Waals surface area contributed by atoms with Crippen LogP contribution in [0.15, 0.2) is 34.7 Å². The number of benzene rings is 1. The van der Waals surface area contributed by atoms with Crippen LogP contribution in [0.4, 0.5) is 4.79 Å². The minimum atomic E-state index is -1.07. The third kappa shape index (κ3) is 4.02. The molecule has 0 spiro atoms. The Morgan fingerprint density at radius 1 is 1.36 bits per heavy atom. The third-order valence-corrected chi connectivity index (χ3v) is 3.64. The fourth-order valence-electron chi connectivity index (χ4n) is 2.29. The molecular formula is C16H18ClNO4. The van der Waals surface area contributed by atoms with Crippen LogP contribution in [0.3, 0.4) is 0 Å². The molecule has 118 valence electrons. The minimum absolute atomic E-state index is 0.294. The lowest BCUT2D eigenvalue weighted by Gasteiger charge is -2.15. The summed E-state index contributed by atoms with van der Waals surface area (Å²) in [6, 6.07) is 8.98. The van der Waals surface area contributed by atoms with Gasteiger partial charge in [0.05, 0.1) is 11.1 Å². The number of rotatable bonds is 6. The van der Waals surface area contributed by atoms with Crippen LogP contribution in [0.1, 0.15) is 30.3 Å². The summed E-state index contributed by atoms with van der Waals surface area (Å²) in [6.45, 7) is 2.14. The molecule has 22 heavy (non-hydrogen) atoms. The van der Waals surface area contributed by atoms with Gasteiger partial charge in [0, 0.05) is 12.1 Å². The van der Waals surface area contributed by atoms with E-state index in [1.807, 2.05) is 19.1 Å². The van der Waals surface area contributed by atoms with E-state index in [0.717, 1.165) is 5.76 Å². The molecule has 1 unspecified atom stereocenters. The molecule has 2 rings (SSSR count). The van der Waals surface area contributed by atoms with Gasteiger partial charge in [0.15, 0.2) is 0 Å². The lowest BCUT2D eigenvalue weighted by molar-refractivity contribution is 0.162.